The van der Waals surface area contributed by atoms with Gasteiger partial charge in [-0.3, -0.25) is 9.97 Å². The number of aromatic nitrogens is 6. The van der Waals surface area contributed by atoms with E-state index in [1.807, 2.05) is 26.1 Å². The van der Waals surface area contributed by atoms with Crippen LogP contribution in [0.5, 0.6) is 0 Å². The Labute approximate surface area is 220 Å². The fourth-order valence-corrected chi connectivity index (χ4v) is 5.75. The monoisotopic (exact) mass is 514 g/mol. The lowest BCUT2D eigenvalue weighted by Gasteiger charge is -2.32. The Balaban J connectivity index is 1.71. The molecule has 6 rings (SSSR count). The van der Waals surface area contributed by atoms with Crippen LogP contribution >= 0.6 is 0 Å². The molecule has 1 fully saturated rings. The van der Waals surface area contributed by atoms with Crippen molar-refractivity contribution in [2.45, 2.75) is 45.3 Å². The van der Waals surface area contributed by atoms with Crippen molar-refractivity contribution in [3.63, 3.8) is 0 Å². The van der Waals surface area contributed by atoms with E-state index in [1.165, 1.54) is 6.07 Å². The minimum atomic E-state index is -1.09. The largest absolute Gasteiger partial charge is 0.386 e. The lowest BCUT2D eigenvalue weighted by atomic mass is 9.88. The number of aliphatic hydroxyl groups is 1. The van der Waals surface area contributed by atoms with Crippen LogP contribution in [0.4, 0.5) is 4.39 Å². The van der Waals surface area contributed by atoms with Gasteiger partial charge < -0.3 is 14.4 Å². The summed E-state index contributed by atoms with van der Waals surface area (Å²) in [5, 5.41) is 20.2. The van der Waals surface area contributed by atoms with Gasteiger partial charge in [0.1, 0.15) is 5.82 Å². The molecule has 1 saturated heterocycles. The van der Waals surface area contributed by atoms with Crippen molar-refractivity contribution >= 4 is 21.9 Å². The molecule has 0 amide bonds. The average Bonchev–Trinajstić information content (AvgIpc) is 3.41. The fourth-order valence-electron chi connectivity index (χ4n) is 5.75. The summed E-state index contributed by atoms with van der Waals surface area (Å²) in [5.41, 5.74) is 5.25. The highest BCUT2D eigenvalue weighted by Crippen LogP contribution is 2.42. The molecule has 1 N–H and O–H groups in total. The molecule has 0 spiro atoms. The van der Waals surface area contributed by atoms with E-state index in [1.54, 1.807) is 37.0 Å². The minimum absolute atomic E-state index is 0.0986. The van der Waals surface area contributed by atoms with Crippen molar-refractivity contribution in [2.75, 3.05) is 13.2 Å². The Morgan fingerprint density at radius 3 is 2.58 bits per heavy atom. The first-order chi connectivity index (χ1) is 18.2. The van der Waals surface area contributed by atoms with Gasteiger partial charge in [-0.1, -0.05) is 11.3 Å². The molecule has 0 radical (unpaired) electrons. The Hall–Kier alpha value is -3.69. The molecule has 5 aromatic rings. The van der Waals surface area contributed by atoms with E-state index in [4.69, 9.17) is 9.72 Å². The second kappa shape index (κ2) is 9.25. The third-order valence-electron chi connectivity index (χ3n) is 7.67. The van der Waals surface area contributed by atoms with Gasteiger partial charge >= 0.3 is 0 Å². The van der Waals surface area contributed by atoms with Crippen LogP contribution in [0.2, 0.25) is 0 Å². The van der Waals surface area contributed by atoms with E-state index < -0.39 is 5.60 Å². The van der Waals surface area contributed by atoms with Crippen LogP contribution in [-0.2, 0) is 17.4 Å². The molecule has 1 aromatic carbocycles. The van der Waals surface area contributed by atoms with Gasteiger partial charge in [-0.2, -0.15) is 0 Å². The molecule has 0 saturated carbocycles. The Morgan fingerprint density at radius 2 is 1.89 bits per heavy atom. The van der Waals surface area contributed by atoms with Gasteiger partial charge in [-0.25, -0.2) is 9.07 Å². The number of hydrogen-bond donors (Lipinski definition) is 1. The molecule has 0 unspecified atom stereocenters. The smallest absolute Gasteiger partial charge is 0.146 e. The highest BCUT2D eigenvalue weighted by Gasteiger charge is 2.33. The number of fused-ring (bicyclic) bond motifs is 3. The molecule has 0 aliphatic carbocycles. The maximum Gasteiger partial charge on any atom is 0.146 e. The summed E-state index contributed by atoms with van der Waals surface area (Å²) < 4.78 is 25.1. The predicted octanol–water partition coefficient (Wildman–Crippen LogP) is 5.07. The Morgan fingerprint density at radius 1 is 1.11 bits per heavy atom. The maximum atomic E-state index is 15.5. The Kier molecular flexibility index (Phi) is 6.00. The summed E-state index contributed by atoms with van der Waals surface area (Å²) in [5.74, 6) is -0.241. The molecular weight excluding hydrogens is 483 g/mol. The quantitative estimate of drug-likeness (QED) is 0.352. The maximum absolute atomic E-state index is 15.5. The SMILES string of the molecule is Cc1nnn(C)c1-c1ccc2c3ncc(C(C)(C)O)cc3n([C@@H](c3ncccc3F)C3CCOCC3)c2c1. The summed E-state index contributed by atoms with van der Waals surface area (Å²) >= 11 is 0. The molecule has 1 aliphatic rings. The number of benzene rings is 1. The zero-order valence-corrected chi connectivity index (χ0v) is 22.0. The standard InChI is InChI=1S/C29H31FN6O2/c1-17-27(35(4)34-33-17)19-7-8-21-23(14-19)36(24-15-20(29(2,3)37)16-32-25(21)24)28(18-9-12-38-13-10-18)26-22(30)6-5-11-31-26/h5-8,11,14-16,18,28,37H,9-10,12-13H2,1-4H3/t28-/m1/s1. The molecular formula is C29H31FN6O2. The molecule has 9 heteroatoms. The molecule has 0 bridgehead atoms. The zero-order valence-electron chi connectivity index (χ0n) is 22.0. The molecule has 4 aromatic heterocycles. The Bertz CT molecular complexity index is 1630. The van der Waals surface area contributed by atoms with Gasteiger partial charge in [0.15, 0.2) is 0 Å². The van der Waals surface area contributed by atoms with Gasteiger partial charge in [-0.05, 0) is 69.9 Å². The van der Waals surface area contributed by atoms with E-state index >= 15 is 4.39 Å². The average molecular weight is 515 g/mol. The number of pyridine rings is 2. The molecule has 38 heavy (non-hydrogen) atoms. The van der Waals surface area contributed by atoms with Crippen LogP contribution in [0.25, 0.3) is 33.2 Å². The third-order valence-corrected chi connectivity index (χ3v) is 7.67. The van der Waals surface area contributed by atoms with Crippen molar-refractivity contribution in [3.05, 3.63) is 71.6 Å². The van der Waals surface area contributed by atoms with Crippen LogP contribution in [0, 0.1) is 18.7 Å². The highest BCUT2D eigenvalue weighted by molar-refractivity contribution is 6.07. The molecule has 196 valence electrons. The van der Waals surface area contributed by atoms with E-state index in [2.05, 4.69) is 32.0 Å². The lowest BCUT2D eigenvalue weighted by Crippen LogP contribution is -2.28. The van der Waals surface area contributed by atoms with Crippen LogP contribution in [-0.4, -0.2) is 47.8 Å². The first kappa shape index (κ1) is 24.6. The second-order valence-corrected chi connectivity index (χ2v) is 10.7. The van der Waals surface area contributed by atoms with Gasteiger partial charge in [-0.15, -0.1) is 5.10 Å². The van der Waals surface area contributed by atoms with Crippen LogP contribution in [0.3, 0.4) is 0 Å². The van der Waals surface area contributed by atoms with Gasteiger partial charge in [0.2, 0.25) is 0 Å². The number of rotatable bonds is 5. The van der Waals surface area contributed by atoms with Gasteiger partial charge in [0.05, 0.1) is 45.3 Å². The van der Waals surface area contributed by atoms with E-state index in [0.29, 0.717) is 24.5 Å². The predicted molar refractivity (Wildman–Crippen MR) is 143 cm³/mol. The van der Waals surface area contributed by atoms with Crippen molar-refractivity contribution in [1.82, 2.24) is 29.5 Å². The first-order valence-corrected chi connectivity index (χ1v) is 13.0. The minimum Gasteiger partial charge on any atom is -0.386 e. The van der Waals surface area contributed by atoms with E-state index in [0.717, 1.165) is 51.7 Å². The molecule has 5 heterocycles. The third kappa shape index (κ3) is 4.06. The van der Waals surface area contributed by atoms with Crippen LogP contribution < -0.4 is 0 Å². The summed E-state index contributed by atoms with van der Waals surface area (Å²) in [7, 11) is 1.88. The zero-order chi connectivity index (χ0) is 26.6. The van der Waals surface area contributed by atoms with E-state index in [-0.39, 0.29) is 17.8 Å². The number of halogens is 1. The number of hydrogen-bond acceptors (Lipinski definition) is 6. The summed E-state index contributed by atoms with van der Waals surface area (Å²) in [4.78, 5) is 9.38. The lowest BCUT2D eigenvalue weighted by molar-refractivity contribution is 0.0542. The molecule has 8 nitrogen and oxygen atoms in total. The van der Waals surface area contributed by atoms with Crippen molar-refractivity contribution < 1.29 is 14.2 Å². The fraction of sp³-hybridized carbons (Fsp3) is 0.379. The number of aryl methyl sites for hydroxylation is 2. The molecule has 1 atom stereocenters. The van der Waals surface area contributed by atoms with Gasteiger partial charge in [0, 0.05) is 49.2 Å². The summed E-state index contributed by atoms with van der Waals surface area (Å²) in [6, 6.07) is 10.9. The molecule has 1 aliphatic heterocycles. The number of nitrogens with zero attached hydrogens (tertiary/aromatic N) is 6. The van der Waals surface area contributed by atoms with Gasteiger partial charge in [0.25, 0.3) is 0 Å². The van der Waals surface area contributed by atoms with Crippen LogP contribution in [0.15, 0.2) is 48.8 Å². The first-order valence-electron chi connectivity index (χ1n) is 13.0. The van der Waals surface area contributed by atoms with Crippen molar-refractivity contribution in [3.8, 4) is 11.3 Å². The van der Waals surface area contributed by atoms with Crippen molar-refractivity contribution in [1.29, 1.82) is 0 Å². The van der Waals surface area contributed by atoms with Crippen LogP contribution in [0.1, 0.15) is 49.7 Å². The topological polar surface area (TPSA) is 90.9 Å². The highest BCUT2D eigenvalue weighted by atomic mass is 19.1. The summed E-state index contributed by atoms with van der Waals surface area (Å²) in [6.07, 6.45) is 4.94. The second-order valence-electron chi connectivity index (χ2n) is 10.7. The summed E-state index contributed by atoms with van der Waals surface area (Å²) in [6.45, 7) is 6.66. The van der Waals surface area contributed by atoms with E-state index in [9.17, 15) is 5.11 Å². The number of ether oxygens (including phenoxy) is 1. The normalized spacial score (nSPS) is 15.9. The van der Waals surface area contributed by atoms with Crippen molar-refractivity contribution in [2.24, 2.45) is 13.0 Å².